The molecule has 0 fully saturated rings. The SMILES string of the molecule is Cc1ccc(F)c(F)c1-c1ncc(Cl)c2ccc(C(=O)N=C(N)N)cc12. The number of fused-ring (bicyclic) bond motifs is 1. The van der Waals surface area contributed by atoms with Crippen molar-refractivity contribution in [3.8, 4) is 11.3 Å². The van der Waals surface area contributed by atoms with Crippen molar-refractivity contribution in [1.82, 2.24) is 4.98 Å². The molecule has 1 amide bonds. The standard InChI is InChI=1S/C18H13ClF2N4O/c1-8-2-5-13(20)15(21)14(8)16-11-6-9(17(26)25-18(22)23)3-4-10(11)12(19)7-24-16/h2-7H,1H3,(H4,22,23,25,26). The van der Waals surface area contributed by atoms with Crippen molar-refractivity contribution in [2.45, 2.75) is 6.92 Å². The molecule has 26 heavy (non-hydrogen) atoms. The number of amides is 1. The van der Waals surface area contributed by atoms with Crippen LogP contribution in [0, 0.1) is 18.6 Å². The van der Waals surface area contributed by atoms with Crippen molar-refractivity contribution >= 4 is 34.2 Å². The Bertz CT molecular complexity index is 1080. The fourth-order valence-corrected chi connectivity index (χ4v) is 2.87. The summed E-state index contributed by atoms with van der Waals surface area (Å²) in [5.41, 5.74) is 11.3. The average Bonchev–Trinajstić information content (AvgIpc) is 2.59. The molecular weight excluding hydrogens is 362 g/mol. The lowest BCUT2D eigenvalue weighted by Crippen LogP contribution is -2.24. The summed E-state index contributed by atoms with van der Waals surface area (Å²) < 4.78 is 28.2. The van der Waals surface area contributed by atoms with Crippen LogP contribution in [0.1, 0.15) is 15.9 Å². The van der Waals surface area contributed by atoms with Crippen LogP contribution in [0.25, 0.3) is 22.0 Å². The molecule has 0 saturated heterocycles. The van der Waals surface area contributed by atoms with E-state index < -0.39 is 17.5 Å². The van der Waals surface area contributed by atoms with Crippen molar-refractivity contribution in [3.05, 3.63) is 64.3 Å². The summed E-state index contributed by atoms with van der Waals surface area (Å²) in [5.74, 6) is -3.08. The average molecular weight is 375 g/mol. The van der Waals surface area contributed by atoms with Gasteiger partial charge in [0.2, 0.25) is 0 Å². The first-order valence-corrected chi connectivity index (χ1v) is 7.84. The first-order valence-electron chi connectivity index (χ1n) is 7.46. The van der Waals surface area contributed by atoms with Crippen LogP contribution >= 0.6 is 11.6 Å². The number of rotatable bonds is 2. The maximum absolute atomic E-state index is 14.4. The molecule has 0 atom stereocenters. The predicted octanol–water partition coefficient (Wildman–Crippen LogP) is 3.56. The number of halogens is 3. The number of carbonyl (C=O) groups excluding carboxylic acids is 1. The number of guanidine groups is 1. The third-order valence-corrected chi connectivity index (χ3v) is 4.16. The molecule has 2 aromatic carbocycles. The molecule has 0 radical (unpaired) electrons. The predicted molar refractivity (Wildman–Crippen MR) is 97.0 cm³/mol. The molecule has 1 heterocycles. The summed E-state index contributed by atoms with van der Waals surface area (Å²) in [6.07, 6.45) is 1.35. The second-order valence-corrected chi connectivity index (χ2v) is 6.02. The first kappa shape index (κ1) is 17.8. The van der Waals surface area contributed by atoms with Gasteiger partial charge in [0.25, 0.3) is 5.91 Å². The number of benzene rings is 2. The van der Waals surface area contributed by atoms with E-state index in [2.05, 4.69) is 9.98 Å². The molecule has 3 rings (SSSR count). The Morgan fingerprint density at radius 1 is 1.15 bits per heavy atom. The highest BCUT2D eigenvalue weighted by atomic mass is 35.5. The lowest BCUT2D eigenvalue weighted by molar-refractivity contribution is 0.100. The highest BCUT2D eigenvalue weighted by Gasteiger charge is 2.19. The minimum atomic E-state index is -1.03. The summed E-state index contributed by atoms with van der Waals surface area (Å²) in [5, 5.41) is 1.21. The van der Waals surface area contributed by atoms with Crippen molar-refractivity contribution < 1.29 is 13.6 Å². The van der Waals surface area contributed by atoms with E-state index in [4.69, 9.17) is 23.1 Å². The van der Waals surface area contributed by atoms with Crippen LogP contribution in [0.15, 0.2) is 41.5 Å². The maximum atomic E-state index is 14.4. The molecule has 0 bridgehead atoms. The van der Waals surface area contributed by atoms with Crippen molar-refractivity contribution in [3.63, 3.8) is 0 Å². The molecule has 0 spiro atoms. The largest absolute Gasteiger partial charge is 0.370 e. The smallest absolute Gasteiger partial charge is 0.280 e. The van der Waals surface area contributed by atoms with Gasteiger partial charge in [-0.25, -0.2) is 8.78 Å². The third kappa shape index (κ3) is 3.09. The fraction of sp³-hybridized carbons (Fsp3) is 0.0556. The monoisotopic (exact) mass is 374 g/mol. The molecule has 1 aromatic heterocycles. The summed E-state index contributed by atoms with van der Waals surface area (Å²) in [6, 6.07) is 7.00. The zero-order chi connectivity index (χ0) is 19.0. The van der Waals surface area contributed by atoms with Crippen molar-refractivity contribution in [1.29, 1.82) is 0 Å². The van der Waals surface area contributed by atoms with Gasteiger partial charge < -0.3 is 11.5 Å². The third-order valence-electron chi connectivity index (χ3n) is 3.86. The van der Waals surface area contributed by atoms with Gasteiger partial charge in [0.1, 0.15) is 0 Å². The number of aromatic nitrogens is 1. The van der Waals surface area contributed by atoms with Crippen LogP contribution in [0.2, 0.25) is 5.02 Å². The molecule has 132 valence electrons. The molecule has 0 aliphatic heterocycles. The lowest BCUT2D eigenvalue weighted by Gasteiger charge is -2.12. The molecule has 3 aromatic rings. The minimum Gasteiger partial charge on any atom is -0.370 e. The van der Waals surface area contributed by atoms with Crippen molar-refractivity contribution in [2.24, 2.45) is 16.5 Å². The fourth-order valence-electron chi connectivity index (χ4n) is 2.66. The number of carbonyl (C=O) groups is 1. The zero-order valence-corrected chi connectivity index (χ0v) is 14.3. The van der Waals surface area contributed by atoms with E-state index >= 15 is 0 Å². The molecular formula is C18H13ClF2N4O. The van der Waals surface area contributed by atoms with Crippen LogP contribution in [0.4, 0.5) is 8.78 Å². The topological polar surface area (TPSA) is 94.4 Å². The first-order chi connectivity index (χ1) is 12.3. The van der Waals surface area contributed by atoms with Gasteiger partial charge >= 0.3 is 0 Å². The van der Waals surface area contributed by atoms with Gasteiger partial charge in [-0.3, -0.25) is 9.78 Å². The van der Waals surface area contributed by atoms with Crippen LogP contribution in [0.3, 0.4) is 0 Å². The van der Waals surface area contributed by atoms with E-state index in [9.17, 15) is 13.6 Å². The number of aryl methyl sites for hydroxylation is 1. The molecule has 0 saturated carbocycles. The quantitative estimate of drug-likeness (QED) is 0.529. The molecule has 8 heteroatoms. The van der Waals surface area contributed by atoms with E-state index in [1.807, 2.05) is 0 Å². The van der Waals surface area contributed by atoms with Crippen molar-refractivity contribution in [2.75, 3.05) is 0 Å². The summed E-state index contributed by atoms with van der Waals surface area (Å²) >= 11 is 6.16. The summed E-state index contributed by atoms with van der Waals surface area (Å²) in [6.45, 7) is 1.63. The second-order valence-electron chi connectivity index (χ2n) is 5.61. The molecule has 0 unspecified atom stereocenters. The van der Waals surface area contributed by atoms with E-state index in [0.717, 1.165) is 6.07 Å². The lowest BCUT2D eigenvalue weighted by atomic mass is 9.98. The van der Waals surface area contributed by atoms with Gasteiger partial charge in [0, 0.05) is 28.1 Å². The minimum absolute atomic E-state index is 0.00175. The summed E-state index contributed by atoms with van der Waals surface area (Å²) in [7, 11) is 0. The van der Waals surface area contributed by atoms with Gasteiger partial charge in [-0.2, -0.15) is 4.99 Å². The Morgan fingerprint density at radius 2 is 1.88 bits per heavy atom. The van der Waals surface area contributed by atoms with Gasteiger partial charge in [-0.05, 0) is 30.7 Å². The normalized spacial score (nSPS) is 10.8. The number of pyridine rings is 1. The highest BCUT2D eigenvalue weighted by molar-refractivity contribution is 6.35. The van der Waals surface area contributed by atoms with E-state index in [1.165, 1.54) is 24.4 Å². The Hall–Kier alpha value is -3.06. The Labute approximate surface area is 152 Å². The number of nitrogens with two attached hydrogens (primary N) is 2. The van der Waals surface area contributed by atoms with E-state index in [0.29, 0.717) is 21.4 Å². The van der Waals surface area contributed by atoms with E-state index in [-0.39, 0.29) is 22.8 Å². The summed E-state index contributed by atoms with van der Waals surface area (Å²) in [4.78, 5) is 19.7. The molecule has 4 N–H and O–H groups in total. The van der Waals surface area contributed by atoms with Crippen LogP contribution < -0.4 is 11.5 Å². The van der Waals surface area contributed by atoms with Gasteiger partial charge in [-0.1, -0.05) is 23.7 Å². The van der Waals surface area contributed by atoms with Crippen LogP contribution in [0.5, 0.6) is 0 Å². The Kier molecular flexibility index (Phi) is 4.56. The van der Waals surface area contributed by atoms with Crippen LogP contribution in [-0.2, 0) is 0 Å². The van der Waals surface area contributed by atoms with Gasteiger partial charge in [-0.15, -0.1) is 0 Å². The zero-order valence-electron chi connectivity index (χ0n) is 13.6. The van der Waals surface area contributed by atoms with Gasteiger partial charge in [0.05, 0.1) is 10.7 Å². The van der Waals surface area contributed by atoms with E-state index in [1.54, 1.807) is 13.0 Å². The Morgan fingerprint density at radius 3 is 2.58 bits per heavy atom. The van der Waals surface area contributed by atoms with Crippen LogP contribution in [-0.4, -0.2) is 16.9 Å². The van der Waals surface area contributed by atoms with Gasteiger partial charge in [0.15, 0.2) is 17.6 Å². The Balaban J connectivity index is 2.34. The second kappa shape index (κ2) is 6.68. The highest BCUT2D eigenvalue weighted by Crippen LogP contribution is 2.35. The molecule has 0 aliphatic carbocycles. The number of aliphatic imine (C=N–C) groups is 1. The molecule has 0 aliphatic rings. The molecule has 5 nitrogen and oxygen atoms in total. The number of hydrogen-bond acceptors (Lipinski definition) is 2. The number of nitrogens with zero attached hydrogens (tertiary/aromatic N) is 2. The number of hydrogen-bond donors (Lipinski definition) is 2. The maximum Gasteiger partial charge on any atom is 0.280 e.